The number of carbonyl (C=O) groups is 1. The van der Waals surface area contributed by atoms with Gasteiger partial charge >= 0.3 is 6.18 Å². The molecule has 1 aromatic carbocycles. The quantitative estimate of drug-likeness (QED) is 0.908. The summed E-state index contributed by atoms with van der Waals surface area (Å²) in [6.45, 7) is 4.91. The van der Waals surface area contributed by atoms with Crippen molar-refractivity contribution in [3.05, 3.63) is 28.8 Å². The van der Waals surface area contributed by atoms with Gasteiger partial charge in [0, 0.05) is 18.1 Å². The van der Waals surface area contributed by atoms with Crippen LogP contribution in [-0.2, 0) is 15.7 Å². The highest BCUT2D eigenvalue weighted by Gasteiger charge is 2.34. The van der Waals surface area contributed by atoms with Crippen LogP contribution in [0.15, 0.2) is 18.2 Å². The molecule has 2 rings (SSSR count). The van der Waals surface area contributed by atoms with Crippen molar-refractivity contribution in [2.75, 3.05) is 25.0 Å². The van der Waals surface area contributed by atoms with E-state index in [-0.39, 0.29) is 29.5 Å². The van der Waals surface area contributed by atoms with E-state index >= 15 is 0 Å². The van der Waals surface area contributed by atoms with Crippen LogP contribution in [0.5, 0.6) is 0 Å². The van der Waals surface area contributed by atoms with E-state index in [0.717, 1.165) is 12.1 Å². The van der Waals surface area contributed by atoms with Crippen molar-refractivity contribution in [2.45, 2.75) is 32.2 Å². The SMILES string of the molecule is CC1CN(CC(=O)Nc2ccc(Cl)cc2C(F)(F)F)CC(C)O1. The fraction of sp³-hybridized carbons (Fsp3) is 0.533. The van der Waals surface area contributed by atoms with Gasteiger partial charge in [0.25, 0.3) is 0 Å². The number of hydrogen-bond acceptors (Lipinski definition) is 3. The average molecular weight is 351 g/mol. The van der Waals surface area contributed by atoms with E-state index in [0.29, 0.717) is 13.1 Å². The van der Waals surface area contributed by atoms with Gasteiger partial charge in [0.05, 0.1) is 30.0 Å². The number of hydrogen-bond donors (Lipinski definition) is 1. The number of nitrogens with zero attached hydrogens (tertiary/aromatic N) is 1. The van der Waals surface area contributed by atoms with Crippen molar-refractivity contribution in [3.63, 3.8) is 0 Å². The highest BCUT2D eigenvalue weighted by Crippen LogP contribution is 2.36. The standard InChI is InChI=1S/C15H18ClF3N2O2/c1-9-6-21(7-10(2)23-9)8-14(22)20-13-4-3-11(16)5-12(13)15(17,18)19/h3-5,9-10H,6-8H2,1-2H3,(H,20,22). The summed E-state index contributed by atoms with van der Waals surface area (Å²) in [5, 5.41) is 2.29. The molecule has 2 atom stereocenters. The van der Waals surface area contributed by atoms with Crippen LogP contribution in [0.25, 0.3) is 0 Å². The van der Waals surface area contributed by atoms with Gasteiger partial charge in [-0.3, -0.25) is 9.69 Å². The van der Waals surface area contributed by atoms with Gasteiger partial charge < -0.3 is 10.1 Å². The molecule has 0 spiro atoms. The zero-order chi connectivity index (χ0) is 17.2. The molecule has 1 amide bonds. The van der Waals surface area contributed by atoms with Gasteiger partial charge in [-0.1, -0.05) is 11.6 Å². The third-order valence-electron chi connectivity index (χ3n) is 3.42. The molecule has 0 bridgehead atoms. The minimum Gasteiger partial charge on any atom is -0.373 e. The number of rotatable bonds is 3. The molecule has 1 heterocycles. The smallest absolute Gasteiger partial charge is 0.373 e. The number of benzene rings is 1. The van der Waals surface area contributed by atoms with Crippen molar-refractivity contribution < 1.29 is 22.7 Å². The summed E-state index contributed by atoms with van der Waals surface area (Å²) in [6, 6.07) is 3.27. The van der Waals surface area contributed by atoms with Gasteiger partial charge in [-0.15, -0.1) is 0 Å². The zero-order valence-electron chi connectivity index (χ0n) is 12.8. The minimum atomic E-state index is -4.59. The molecular weight excluding hydrogens is 333 g/mol. The van der Waals surface area contributed by atoms with Crippen LogP contribution in [0, 0.1) is 0 Å². The second-order valence-electron chi connectivity index (χ2n) is 5.69. The lowest BCUT2D eigenvalue weighted by Gasteiger charge is -2.34. The first kappa shape index (κ1) is 18.0. The monoisotopic (exact) mass is 350 g/mol. The number of halogens is 4. The van der Waals surface area contributed by atoms with Crippen LogP contribution in [0.2, 0.25) is 5.02 Å². The molecule has 0 radical (unpaired) electrons. The highest BCUT2D eigenvalue weighted by molar-refractivity contribution is 6.30. The molecule has 1 aromatic rings. The van der Waals surface area contributed by atoms with Crippen LogP contribution in [0.1, 0.15) is 19.4 Å². The Bertz CT molecular complexity index is 570. The summed E-state index contributed by atoms with van der Waals surface area (Å²) in [5.74, 6) is -0.501. The molecule has 0 aromatic heterocycles. The first-order chi connectivity index (χ1) is 10.6. The van der Waals surface area contributed by atoms with E-state index in [1.54, 1.807) is 0 Å². The lowest BCUT2D eigenvalue weighted by atomic mass is 10.1. The molecule has 2 unspecified atom stereocenters. The Kier molecular flexibility index (Phi) is 5.54. The normalized spacial score (nSPS) is 22.9. The van der Waals surface area contributed by atoms with Crippen LogP contribution in [-0.4, -0.2) is 42.6 Å². The van der Waals surface area contributed by atoms with E-state index in [2.05, 4.69) is 5.32 Å². The van der Waals surface area contributed by atoms with Gasteiger partial charge in [-0.2, -0.15) is 13.2 Å². The van der Waals surface area contributed by atoms with E-state index in [9.17, 15) is 18.0 Å². The number of carbonyl (C=O) groups excluding carboxylic acids is 1. The predicted molar refractivity (Wildman–Crippen MR) is 81.5 cm³/mol. The Morgan fingerprint density at radius 3 is 2.52 bits per heavy atom. The Morgan fingerprint density at radius 2 is 1.96 bits per heavy atom. The van der Waals surface area contributed by atoms with Gasteiger partial charge in [0.15, 0.2) is 0 Å². The van der Waals surface area contributed by atoms with Gasteiger partial charge in [-0.05, 0) is 32.0 Å². The van der Waals surface area contributed by atoms with E-state index in [4.69, 9.17) is 16.3 Å². The summed E-state index contributed by atoms with van der Waals surface area (Å²) in [4.78, 5) is 13.9. The Morgan fingerprint density at radius 1 is 1.35 bits per heavy atom. The molecular formula is C15H18ClF3N2O2. The fourth-order valence-corrected chi connectivity index (χ4v) is 2.84. The first-order valence-corrected chi connectivity index (χ1v) is 7.57. The molecule has 1 saturated heterocycles. The van der Waals surface area contributed by atoms with Crippen molar-refractivity contribution >= 4 is 23.2 Å². The van der Waals surface area contributed by atoms with Crippen molar-refractivity contribution in [2.24, 2.45) is 0 Å². The largest absolute Gasteiger partial charge is 0.418 e. The maximum Gasteiger partial charge on any atom is 0.418 e. The van der Waals surface area contributed by atoms with Crippen LogP contribution in [0.4, 0.5) is 18.9 Å². The van der Waals surface area contributed by atoms with Crippen LogP contribution < -0.4 is 5.32 Å². The molecule has 4 nitrogen and oxygen atoms in total. The summed E-state index contributed by atoms with van der Waals surface area (Å²) < 4.78 is 44.6. The summed E-state index contributed by atoms with van der Waals surface area (Å²) >= 11 is 5.61. The molecule has 23 heavy (non-hydrogen) atoms. The molecule has 0 aliphatic carbocycles. The number of ether oxygens (including phenoxy) is 1. The zero-order valence-corrected chi connectivity index (χ0v) is 13.5. The summed E-state index contributed by atoms with van der Waals surface area (Å²) in [7, 11) is 0. The first-order valence-electron chi connectivity index (χ1n) is 7.19. The Balaban J connectivity index is 2.06. The molecule has 1 aliphatic heterocycles. The third kappa shape index (κ3) is 5.09. The number of alkyl halides is 3. The lowest BCUT2D eigenvalue weighted by molar-refractivity contribution is -0.137. The molecule has 0 saturated carbocycles. The average Bonchev–Trinajstić information content (AvgIpc) is 2.38. The Labute approximate surface area is 137 Å². The van der Waals surface area contributed by atoms with E-state index < -0.39 is 17.6 Å². The van der Waals surface area contributed by atoms with Gasteiger partial charge in [0.1, 0.15) is 0 Å². The van der Waals surface area contributed by atoms with Crippen LogP contribution in [0.3, 0.4) is 0 Å². The fourth-order valence-electron chi connectivity index (χ4n) is 2.67. The lowest BCUT2D eigenvalue weighted by Crippen LogP contribution is -2.48. The van der Waals surface area contributed by atoms with E-state index in [1.165, 1.54) is 6.07 Å². The number of anilines is 1. The summed E-state index contributed by atoms with van der Waals surface area (Å²) in [5.41, 5.74) is -1.25. The predicted octanol–water partition coefficient (Wildman–Crippen LogP) is 3.41. The molecule has 128 valence electrons. The van der Waals surface area contributed by atoms with Crippen LogP contribution >= 0.6 is 11.6 Å². The second-order valence-corrected chi connectivity index (χ2v) is 6.12. The minimum absolute atomic E-state index is 0.0119. The molecule has 1 aliphatic rings. The van der Waals surface area contributed by atoms with Crippen molar-refractivity contribution in [1.29, 1.82) is 0 Å². The van der Waals surface area contributed by atoms with Gasteiger partial charge in [0.2, 0.25) is 5.91 Å². The van der Waals surface area contributed by atoms with Gasteiger partial charge in [-0.25, -0.2) is 0 Å². The van der Waals surface area contributed by atoms with E-state index in [1.807, 2.05) is 18.7 Å². The number of amides is 1. The highest BCUT2D eigenvalue weighted by atomic mass is 35.5. The summed E-state index contributed by atoms with van der Waals surface area (Å²) in [6.07, 6.45) is -4.63. The second kappa shape index (κ2) is 7.07. The number of morpholine rings is 1. The maximum atomic E-state index is 13.0. The van der Waals surface area contributed by atoms with Crippen molar-refractivity contribution in [1.82, 2.24) is 4.90 Å². The third-order valence-corrected chi connectivity index (χ3v) is 3.66. The van der Waals surface area contributed by atoms with Crippen molar-refractivity contribution in [3.8, 4) is 0 Å². The molecule has 1 N–H and O–H groups in total. The maximum absolute atomic E-state index is 13.0. The molecule has 8 heteroatoms. The molecule has 1 fully saturated rings. The number of nitrogens with one attached hydrogen (secondary N) is 1. The topological polar surface area (TPSA) is 41.6 Å². The Hall–Kier alpha value is -1.31.